The molecule has 1 aliphatic carbocycles. The Hall–Kier alpha value is -1.79. The van der Waals surface area contributed by atoms with Gasteiger partial charge in [0, 0.05) is 38.8 Å². The van der Waals surface area contributed by atoms with Crippen LogP contribution in [-0.2, 0) is 4.79 Å². The molecule has 2 fully saturated rings. The van der Waals surface area contributed by atoms with Crippen LogP contribution in [0, 0.1) is 0 Å². The summed E-state index contributed by atoms with van der Waals surface area (Å²) < 4.78 is 6.03. The number of hydrogen-bond donors (Lipinski definition) is 1. The van der Waals surface area contributed by atoms with E-state index in [4.69, 9.17) is 4.74 Å². The highest BCUT2D eigenvalue weighted by atomic mass is 16.5. The van der Waals surface area contributed by atoms with Gasteiger partial charge < -0.3 is 19.9 Å². The van der Waals surface area contributed by atoms with E-state index >= 15 is 0 Å². The van der Waals surface area contributed by atoms with Crippen molar-refractivity contribution < 1.29 is 9.53 Å². The second-order valence-electron chi connectivity index (χ2n) is 8.31. The lowest BCUT2D eigenvalue weighted by Gasteiger charge is -2.39. The van der Waals surface area contributed by atoms with Crippen molar-refractivity contribution >= 4 is 11.6 Å². The molecule has 6 heteroatoms. The van der Waals surface area contributed by atoms with Crippen LogP contribution in [0.25, 0.3) is 0 Å². The molecule has 1 heterocycles. The van der Waals surface area contributed by atoms with Crippen LogP contribution in [0.3, 0.4) is 0 Å². The Morgan fingerprint density at radius 2 is 1.86 bits per heavy atom. The van der Waals surface area contributed by atoms with Crippen LogP contribution in [0.1, 0.15) is 32.6 Å². The molecule has 1 aliphatic heterocycles. The summed E-state index contributed by atoms with van der Waals surface area (Å²) in [4.78, 5) is 19.4. The zero-order chi connectivity index (χ0) is 19.9. The summed E-state index contributed by atoms with van der Waals surface area (Å²) in [6.07, 6.45) is 4.76. The summed E-state index contributed by atoms with van der Waals surface area (Å²) in [6, 6.07) is 8.61. The maximum Gasteiger partial charge on any atom is 0.237 e. The van der Waals surface area contributed by atoms with Gasteiger partial charge in [0.05, 0.1) is 11.7 Å². The number of likely N-dealkylation sites (N-methyl/N-ethyl adjacent to an activating group) is 1. The number of ether oxygens (including phenoxy) is 1. The molecular formula is C22H36N4O2. The summed E-state index contributed by atoms with van der Waals surface area (Å²) in [5.74, 6) is 1.14. The predicted molar refractivity (Wildman–Crippen MR) is 114 cm³/mol. The predicted octanol–water partition coefficient (Wildman–Crippen LogP) is 2.20. The van der Waals surface area contributed by atoms with E-state index in [9.17, 15) is 4.79 Å². The summed E-state index contributed by atoms with van der Waals surface area (Å²) in [6.45, 7) is 7.23. The highest BCUT2D eigenvalue weighted by Crippen LogP contribution is 2.29. The van der Waals surface area contributed by atoms with Gasteiger partial charge in [-0.2, -0.15) is 0 Å². The third-order valence-corrected chi connectivity index (χ3v) is 5.94. The zero-order valence-electron chi connectivity index (χ0n) is 17.7. The third-order valence-electron chi connectivity index (χ3n) is 5.94. The molecule has 1 N–H and O–H groups in total. The molecule has 1 amide bonds. The van der Waals surface area contributed by atoms with Crippen LogP contribution >= 0.6 is 0 Å². The number of amides is 1. The van der Waals surface area contributed by atoms with Crippen molar-refractivity contribution in [2.24, 2.45) is 0 Å². The molecule has 1 aromatic rings. The lowest BCUT2D eigenvalue weighted by Crippen LogP contribution is -2.55. The number of hydrogen-bond acceptors (Lipinski definition) is 5. The van der Waals surface area contributed by atoms with Gasteiger partial charge in [-0.15, -0.1) is 0 Å². The molecule has 1 atom stereocenters. The first-order chi connectivity index (χ1) is 13.5. The largest absolute Gasteiger partial charge is 0.490 e. The number of para-hydroxylation sites is 2. The standard InChI is InChI=1S/C22H36N4O2/c1-18(22(27)23-19-8-4-5-9-19)25-12-14-26(15-13-25)20-10-6-7-11-21(20)28-17-16-24(2)3/h6-7,10-11,18-19H,4-5,8-9,12-17H2,1-3H3,(H,23,27). The Morgan fingerprint density at radius 1 is 1.18 bits per heavy atom. The van der Waals surface area contributed by atoms with E-state index in [0.29, 0.717) is 12.6 Å². The molecule has 1 saturated heterocycles. The molecule has 6 nitrogen and oxygen atoms in total. The highest BCUT2D eigenvalue weighted by molar-refractivity contribution is 5.81. The van der Waals surface area contributed by atoms with Gasteiger partial charge in [0.15, 0.2) is 0 Å². The Labute approximate surface area is 169 Å². The average molecular weight is 389 g/mol. The van der Waals surface area contributed by atoms with E-state index in [-0.39, 0.29) is 11.9 Å². The number of piperazine rings is 1. The minimum atomic E-state index is -0.0608. The summed E-state index contributed by atoms with van der Waals surface area (Å²) in [7, 11) is 4.11. The molecule has 2 aliphatic rings. The second kappa shape index (κ2) is 10.1. The molecule has 0 bridgehead atoms. The number of benzene rings is 1. The zero-order valence-corrected chi connectivity index (χ0v) is 17.7. The van der Waals surface area contributed by atoms with Crippen LogP contribution < -0.4 is 15.0 Å². The van der Waals surface area contributed by atoms with Crippen molar-refractivity contribution in [1.29, 1.82) is 0 Å². The fourth-order valence-electron chi connectivity index (χ4n) is 4.09. The lowest BCUT2D eigenvalue weighted by atomic mass is 10.1. The SMILES string of the molecule is CC(C(=O)NC1CCCC1)N1CCN(c2ccccc2OCCN(C)C)CC1. The summed E-state index contributed by atoms with van der Waals surface area (Å²) in [5.41, 5.74) is 1.16. The fraction of sp³-hybridized carbons (Fsp3) is 0.682. The van der Waals surface area contributed by atoms with Crippen molar-refractivity contribution in [3.63, 3.8) is 0 Å². The molecule has 0 radical (unpaired) electrons. The van der Waals surface area contributed by atoms with Crippen LogP contribution in [0.4, 0.5) is 5.69 Å². The van der Waals surface area contributed by atoms with Crippen LogP contribution in [0.15, 0.2) is 24.3 Å². The summed E-state index contributed by atoms with van der Waals surface area (Å²) >= 11 is 0. The van der Waals surface area contributed by atoms with Gasteiger partial charge in [-0.1, -0.05) is 25.0 Å². The van der Waals surface area contributed by atoms with Gasteiger partial charge in [0.1, 0.15) is 12.4 Å². The molecule has 1 saturated carbocycles. The Kier molecular flexibility index (Phi) is 7.57. The lowest BCUT2D eigenvalue weighted by molar-refractivity contribution is -0.126. The number of nitrogens with zero attached hydrogens (tertiary/aromatic N) is 3. The van der Waals surface area contributed by atoms with Crippen molar-refractivity contribution in [3.8, 4) is 5.75 Å². The maximum absolute atomic E-state index is 12.6. The number of nitrogens with one attached hydrogen (secondary N) is 1. The smallest absolute Gasteiger partial charge is 0.237 e. The third kappa shape index (κ3) is 5.61. The van der Waals surface area contributed by atoms with Crippen LogP contribution in [0.5, 0.6) is 5.75 Å². The maximum atomic E-state index is 12.6. The van der Waals surface area contributed by atoms with Crippen molar-refractivity contribution in [2.45, 2.75) is 44.7 Å². The van der Waals surface area contributed by atoms with E-state index in [2.05, 4.69) is 52.3 Å². The van der Waals surface area contributed by atoms with Gasteiger partial charge in [-0.25, -0.2) is 0 Å². The first-order valence-electron chi connectivity index (χ1n) is 10.7. The number of rotatable bonds is 8. The number of carbonyl (C=O) groups is 1. The van der Waals surface area contributed by atoms with Gasteiger partial charge in [0.2, 0.25) is 5.91 Å². The number of carbonyl (C=O) groups excluding carboxylic acids is 1. The average Bonchev–Trinajstić information content (AvgIpc) is 3.21. The molecule has 3 rings (SSSR count). The monoisotopic (exact) mass is 388 g/mol. The topological polar surface area (TPSA) is 48.1 Å². The summed E-state index contributed by atoms with van der Waals surface area (Å²) in [5, 5.41) is 3.24. The van der Waals surface area contributed by atoms with E-state index in [1.165, 1.54) is 12.8 Å². The Balaban J connectivity index is 1.51. The second-order valence-corrected chi connectivity index (χ2v) is 8.31. The van der Waals surface area contributed by atoms with E-state index in [1.54, 1.807) is 0 Å². The minimum Gasteiger partial charge on any atom is -0.490 e. The molecule has 156 valence electrons. The van der Waals surface area contributed by atoms with Crippen LogP contribution in [-0.4, -0.2) is 81.2 Å². The molecule has 28 heavy (non-hydrogen) atoms. The molecule has 1 aromatic carbocycles. The first-order valence-corrected chi connectivity index (χ1v) is 10.7. The molecule has 1 unspecified atom stereocenters. The quantitative estimate of drug-likeness (QED) is 0.740. The van der Waals surface area contributed by atoms with E-state index < -0.39 is 0 Å². The van der Waals surface area contributed by atoms with Crippen LogP contribution in [0.2, 0.25) is 0 Å². The Bertz CT molecular complexity index is 623. The van der Waals surface area contributed by atoms with Crippen molar-refractivity contribution in [1.82, 2.24) is 15.1 Å². The van der Waals surface area contributed by atoms with Crippen molar-refractivity contribution in [2.75, 3.05) is 58.3 Å². The fourth-order valence-corrected chi connectivity index (χ4v) is 4.09. The van der Waals surface area contributed by atoms with Gasteiger partial charge in [-0.05, 0) is 46.0 Å². The van der Waals surface area contributed by atoms with Crippen molar-refractivity contribution in [3.05, 3.63) is 24.3 Å². The number of anilines is 1. The van der Waals surface area contributed by atoms with Gasteiger partial charge in [0.25, 0.3) is 0 Å². The normalized spacial score (nSPS) is 19.8. The van der Waals surface area contributed by atoms with Gasteiger partial charge >= 0.3 is 0 Å². The molecule has 0 spiro atoms. The minimum absolute atomic E-state index is 0.0608. The van der Waals surface area contributed by atoms with Gasteiger partial charge in [-0.3, -0.25) is 9.69 Å². The molecular weight excluding hydrogens is 352 g/mol. The van der Waals surface area contributed by atoms with E-state index in [0.717, 1.165) is 57.0 Å². The molecule has 0 aromatic heterocycles. The highest BCUT2D eigenvalue weighted by Gasteiger charge is 2.28. The Morgan fingerprint density at radius 3 is 2.54 bits per heavy atom. The van der Waals surface area contributed by atoms with E-state index in [1.807, 2.05) is 13.0 Å². The first kappa shape index (κ1) is 20.9.